The number of aromatic nitrogens is 2. The Labute approximate surface area is 166 Å². The van der Waals surface area contributed by atoms with Crippen LogP contribution in [-0.4, -0.2) is 35.3 Å². The van der Waals surface area contributed by atoms with E-state index < -0.39 is 0 Å². The molecule has 0 aromatic carbocycles. The molecule has 0 atom stereocenters. The van der Waals surface area contributed by atoms with Crippen molar-refractivity contribution in [1.82, 2.24) is 20.6 Å². The molecule has 0 unspecified atom stereocenters. The lowest BCUT2D eigenvalue weighted by Gasteiger charge is -2.10. The largest absolute Gasteiger partial charge is 0.356 e. The summed E-state index contributed by atoms with van der Waals surface area (Å²) in [7, 11) is 1.79. The van der Waals surface area contributed by atoms with Crippen molar-refractivity contribution in [2.45, 2.75) is 30.6 Å². The molecule has 0 spiro atoms. The van der Waals surface area contributed by atoms with Gasteiger partial charge in [-0.2, -0.15) is 0 Å². The van der Waals surface area contributed by atoms with Crippen LogP contribution in [0, 0.1) is 0 Å². The molecule has 0 amide bonds. The third kappa shape index (κ3) is 7.81. The minimum atomic E-state index is 0. The van der Waals surface area contributed by atoms with Gasteiger partial charge in [-0.25, -0.2) is 9.97 Å². The fourth-order valence-corrected chi connectivity index (χ4v) is 4.14. The fraction of sp³-hybridized carbons (Fsp3) is 0.500. The van der Waals surface area contributed by atoms with Crippen LogP contribution in [0.1, 0.15) is 23.2 Å². The quantitative estimate of drug-likeness (QED) is 0.198. The molecular weight excluding hydrogens is 461 g/mol. The number of nitrogens with zero attached hydrogens (tertiary/aromatic N) is 3. The predicted octanol–water partition coefficient (Wildman–Crippen LogP) is 3.63. The van der Waals surface area contributed by atoms with Crippen LogP contribution in [-0.2, 0) is 13.0 Å². The maximum absolute atomic E-state index is 4.40. The Balaban J connectivity index is 0.00000264. The first kappa shape index (κ1) is 20.7. The molecule has 0 saturated heterocycles. The molecule has 0 bridgehead atoms. The molecular formula is C14H22IN5S3. The van der Waals surface area contributed by atoms with Crippen molar-refractivity contribution in [3.8, 4) is 0 Å². The third-order valence-electron chi connectivity index (χ3n) is 2.83. The summed E-state index contributed by atoms with van der Waals surface area (Å²) in [6, 6.07) is 0. The number of hydrogen-bond acceptors (Lipinski definition) is 6. The van der Waals surface area contributed by atoms with E-state index in [4.69, 9.17) is 0 Å². The summed E-state index contributed by atoms with van der Waals surface area (Å²) in [5.74, 6) is 1.89. The summed E-state index contributed by atoms with van der Waals surface area (Å²) in [5.41, 5.74) is 0. The van der Waals surface area contributed by atoms with Gasteiger partial charge in [0.1, 0.15) is 9.35 Å². The Kier molecular flexibility index (Phi) is 10.8. The molecule has 0 aliphatic rings. The lowest BCUT2D eigenvalue weighted by atomic mass is 10.4. The molecule has 2 N–H and O–H groups in total. The SMILES string of the molecule is CCc1cnc(CNC(=NC)NCCCSc2nccs2)s1.I. The van der Waals surface area contributed by atoms with Gasteiger partial charge in [-0.3, -0.25) is 4.99 Å². The van der Waals surface area contributed by atoms with Gasteiger partial charge >= 0.3 is 0 Å². The maximum Gasteiger partial charge on any atom is 0.191 e. The van der Waals surface area contributed by atoms with Crippen molar-refractivity contribution in [1.29, 1.82) is 0 Å². The van der Waals surface area contributed by atoms with Crippen LogP contribution in [0.2, 0.25) is 0 Å². The van der Waals surface area contributed by atoms with Crippen LogP contribution < -0.4 is 10.6 Å². The second-order valence-corrected chi connectivity index (χ2v) is 7.86. The van der Waals surface area contributed by atoms with E-state index in [0.717, 1.165) is 47.0 Å². The zero-order valence-electron chi connectivity index (χ0n) is 13.2. The summed E-state index contributed by atoms with van der Waals surface area (Å²) in [6.07, 6.45) is 5.91. The van der Waals surface area contributed by atoms with Crippen LogP contribution in [0.5, 0.6) is 0 Å². The molecule has 128 valence electrons. The van der Waals surface area contributed by atoms with Gasteiger partial charge < -0.3 is 10.6 Å². The molecule has 2 heterocycles. The summed E-state index contributed by atoms with van der Waals surface area (Å²) in [5, 5.41) is 9.73. The van der Waals surface area contributed by atoms with Crippen molar-refractivity contribution >= 4 is 64.4 Å². The molecule has 0 fully saturated rings. The molecule has 0 aliphatic heterocycles. The lowest BCUT2D eigenvalue weighted by molar-refractivity contribution is 0.783. The second kappa shape index (κ2) is 12.0. The highest BCUT2D eigenvalue weighted by atomic mass is 127. The van der Waals surface area contributed by atoms with Gasteiger partial charge in [0.25, 0.3) is 0 Å². The maximum atomic E-state index is 4.40. The van der Waals surface area contributed by atoms with E-state index in [1.807, 2.05) is 17.8 Å². The zero-order chi connectivity index (χ0) is 15.6. The number of nitrogens with one attached hydrogen (secondary N) is 2. The molecule has 0 radical (unpaired) electrons. The van der Waals surface area contributed by atoms with Crippen LogP contribution in [0.3, 0.4) is 0 Å². The summed E-state index contributed by atoms with van der Waals surface area (Å²) >= 11 is 5.24. The molecule has 0 saturated carbocycles. The average Bonchev–Trinajstić information content (AvgIpc) is 3.21. The lowest BCUT2D eigenvalue weighted by Crippen LogP contribution is -2.37. The highest BCUT2D eigenvalue weighted by Gasteiger charge is 2.02. The van der Waals surface area contributed by atoms with Gasteiger partial charge in [0.2, 0.25) is 0 Å². The van der Waals surface area contributed by atoms with E-state index in [-0.39, 0.29) is 24.0 Å². The molecule has 2 aromatic rings. The molecule has 2 aromatic heterocycles. The highest BCUT2D eigenvalue weighted by molar-refractivity contribution is 14.0. The summed E-state index contributed by atoms with van der Waals surface area (Å²) in [4.78, 5) is 14.2. The molecule has 2 rings (SSSR count). The van der Waals surface area contributed by atoms with E-state index in [1.54, 1.807) is 41.5 Å². The first-order valence-electron chi connectivity index (χ1n) is 7.22. The van der Waals surface area contributed by atoms with Gasteiger partial charge in [0.15, 0.2) is 5.96 Å². The topological polar surface area (TPSA) is 62.2 Å². The van der Waals surface area contributed by atoms with E-state index in [0.29, 0.717) is 0 Å². The van der Waals surface area contributed by atoms with Gasteiger partial charge in [0.05, 0.1) is 6.54 Å². The fourth-order valence-electron chi connectivity index (χ4n) is 1.69. The van der Waals surface area contributed by atoms with E-state index in [1.165, 1.54) is 4.88 Å². The predicted molar refractivity (Wildman–Crippen MR) is 113 cm³/mol. The number of thioether (sulfide) groups is 1. The smallest absolute Gasteiger partial charge is 0.191 e. The molecule has 5 nitrogen and oxygen atoms in total. The number of thiazole rings is 2. The minimum absolute atomic E-state index is 0. The highest BCUT2D eigenvalue weighted by Crippen LogP contribution is 2.20. The molecule has 9 heteroatoms. The first-order chi connectivity index (χ1) is 10.8. The number of aliphatic imine (C=N–C) groups is 1. The van der Waals surface area contributed by atoms with Crippen LogP contribution in [0.4, 0.5) is 0 Å². The average molecular weight is 483 g/mol. The minimum Gasteiger partial charge on any atom is -0.356 e. The van der Waals surface area contributed by atoms with Crippen LogP contribution in [0.25, 0.3) is 0 Å². The summed E-state index contributed by atoms with van der Waals surface area (Å²) < 4.78 is 1.14. The third-order valence-corrected chi connectivity index (χ3v) is 6.02. The number of aryl methyl sites for hydroxylation is 1. The van der Waals surface area contributed by atoms with E-state index in [2.05, 4.69) is 32.5 Å². The van der Waals surface area contributed by atoms with Crippen molar-refractivity contribution in [3.63, 3.8) is 0 Å². The van der Waals surface area contributed by atoms with E-state index >= 15 is 0 Å². The van der Waals surface area contributed by atoms with Gasteiger partial charge in [0, 0.05) is 42.0 Å². The monoisotopic (exact) mass is 483 g/mol. The molecule has 23 heavy (non-hydrogen) atoms. The number of hydrogen-bond donors (Lipinski definition) is 2. The van der Waals surface area contributed by atoms with Gasteiger partial charge in [-0.1, -0.05) is 18.7 Å². The first-order valence-corrected chi connectivity index (χ1v) is 9.90. The van der Waals surface area contributed by atoms with E-state index in [9.17, 15) is 0 Å². The Bertz CT molecular complexity index is 571. The zero-order valence-corrected chi connectivity index (χ0v) is 18.0. The molecule has 0 aliphatic carbocycles. The Morgan fingerprint density at radius 3 is 2.87 bits per heavy atom. The van der Waals surface area contributed by atoms with Crippen LogP contribution >= 0.6 is 58.4 Å². The normalized spacial score (nSPS) is 11.1. The standard InChI is InChI=1S/C14H21N5S3.HI/c1-3-11-9-18-12(22-11)10-19-13(15-2)16-5-4-7-20-14-17-6-8-21-14;/h6,8-9H,3-5,7,10H2,1-2H3,(H2,15,16,19);1H. The van der Waals surface area contributed by atoms with Gasteiger partial charge in [-0.15, -0.1) is 46.7 Å². The Morgan fingerprint density at radius 1 is 1.35 bits per heavy atom. The van der Waals surface area contributed by atoms with Crippen molar-refractivity contribution in [2.24, 2.45) is 4.99 Å². The number of halogens is 1. The van der Waals surface area contributed by atoms with Gasteiger partial charge in [-0.05, 0) is 12.8 Å². The summed E-state index contributed by atoms with van der Waals surface area (Å²) in [6.45, 7) is 3.77. The van der Waals surface area contributed by atoms with Crippen LogP contribution in [0.15, 0.2) is 27.1 Å². The number of rotatable bonds is 8. The number of guanidine groups is 1. The Hall–Kier alpha value is -0.390. The second-order valence-electron chi connectivity index (χ2n) is 4.43. The van der Waals surface area contributed by atoms with Crippen molar-refractivity contribution < 1.29 is 0 Å². The Morgan fingerprint density at radius 2 is 2.22 bits per heavy atom. The van der Waals surface area contributed by atoms with Crippen molar-refractivity contribution in [3.05, 3.63) is 27.7 Å². The van der Waals surface area contributed by atoms with Crippen molar-refractivity contribution in [2.75, 3.05) is 19.3 Å².